The molecule has 0 aromatic rings. The van der Waals surface area contributed by atoms with Crippen LogP contribution in [0.3, 0.4) is 0 Å². The molecule has 1 aliphatic heterocycles. The standard InChI is InChI=1S/C15H29NO5/c1-3-4-5-6-7-8-9-16(11(2)17)15-14(20)13(19)12(18)10-21-15/h12-15,18-20H,3-10H2,1-2H3. The SMILES string of the molecule is CCCCCCCCN(C(C)=O)C1OCC(O)C(O)C1O. The summed E-state index contributed by atoms with van der Waals surface area (Å²) in [5, 5.41) is 29.1. The van der Waals surface area contributed by atoms with Crippen molar-refractivity contribution in [2.24, 2.45) is 0 Å². The molecule has 124 valence electrons. The summed E-state index contributed by atoms with van der Waals surface area (Å²) in [5.74, 6) is -0.198. The van der Waals surface area contributed by atoms with Crippen molar-refractivity contribution < 1.29 is 24.9 Å². The maximum atomic E-state index is 11.7. The van der Waals surface area contributed by atoms with Gasteiger partial charge in [-0.3, -0.25) is 4.79 Å². The van der Waals surface area contributed by atoms with Gasteiger partial charge in [0.2, 0.25) is 5.91 Å². The lowest BCUT2D eigenvalue weighted by Crippen LogP contribution is -2.60. The molecule has 4 unspecified atom stereocenters. The molecule has 0 aliphatic carbocycles. The van der Waals surface area contributed by atoms with E-state index in [0.29, 0.717) is 6.54 Å². The average molecular weight is 303 g/mol. The van der Waals surface area contributed by atoms with Gasteiger partial charge in [-0.05, 0) is 6.42 Å². The smallest absolute Gasteiger partial charge is 0.221 e. The maximum Gasteiger partial charge on any atom is 0.221 e. The third-order valence-corrected chi connectivity index (χ3v) is 3.94. The van der Waals surface area contributed by atoms with Crippen LogP contribution in [0.2, 0.25) is 0 Å². The van der Waals surface area contributed by atoms with E-state index in [2.05, 4.69) is 6.92 Å². The molecule has 0 aromatic carbocycles. The van der Waals surface area contributed by atoms with Crippen LogP contribution in [0.4, 0.5) is 0 Å². The lowest BCUT2D eigenvalue weighted by atomic mass is 10.0. The molecule has 1 saturated heterocycles. The zero-order chi connectivity index (χ0) is 15.8. The van der Waals surface area contributed by atoms with Gasteiger partial charge in [-0.15, -0.1) is 0 Å². The van der Waals surface area contributed by atoms with Gasteiger partial charge in [0.25, 0.3) is 0 Å². The minimum Gasteiger partial charge on any atom is -0.388 e. The third kappa shape index (κ3) is 5.54. The van der Waals surface area contributed by atoms with Crippen LogP contribution in [0.25, 0.3) is 0 Å². The number of ether oxygens (including phenoxy) is 1. The van der Waals surface area contributed by atoms with Crippen LogP contribution in [-0.4, -0.2) is 63.8 Å². The first kappa shape index (κ1) is 18.4. The summed E-state index contributed by atoms with van der Waals surface area (Å²) in [4.78, 5) is 13.2. The Bertz CT molecular complexity index is 312. The van der Waals surface area contributed by atoms with Crippen molar-refractivity contribution in [1.82, 2.24) is 4.90 Å². The topological polar surface area (TPSA) is 90.2 Å². The average Bonchev–Trinajstić information content (AvgIpc) is 2.45. The number of hydrogen-bond donors (Lipinski definition) is 3. The number of unbranched alkanes of at least 4 members (excludes halogenated alkanes) is 5. The van der Waals surface area contributed by atoms with E-state index in [1.54, 1.807) is 0 Å². The van der Waals surface area contributed by atoms with Crippen molar-refractivity contribution in [1.29, 1.82) is 0 Å². The highest BCUT2D eigenvalue weighted by molar-refractivity contribution is 5.73. The molecule has 0 spiro atoms. The first-order valence-corrected chi connectivity index (χ1v) is 7.92. The van der Waals surface area contributed by atoms with Crippen LogP contribution in [0.1, 0.15) is 52.4 Å². The molecular formula is C15H29NO5. The summed E-state index contributed by atoms with van der Waals surface area (Å²) in [6.45, 7) is 4.00. The fourth-order valence-corrected chi connectivity index (χ4v) is 2.59. The normalized spacial score (nSPS) is 29.4. The Morgan fingerprint density at radius 1 is 1.10 bits per heavy atom. The van der Waals surface area contributed by atoms with E-state index in [1.807, 2.05) is 0 Å². The molecule has 0 radical (unpaired) electrons. The second kappa shape index (κ2) is 9.35. The predicted molar refractivity (Wildman–Crippen MR) is 78.5 cm³/mol. The van der Waals surface area contributed by atoms with Gasteiger partial charge in [-0.1, -0.05) is 39.0 Å². The van der Waals surface area contributed by atoms with Gasteiger partial charge in [-0.2, -0.15) is 0 Å². The summed E-state index contributed by atoms with van der Waals surface area (Å²) in [6, 6.07) is 0. The number of aliphatic hydroxyl groups excluding tert-OH is 3. The quantitative estimate of drug-likeness (QED) is 0.572. The van der Waals surface area contributed by atoms with E-state index in [4.69, 9.17) is 4.74 Å². The minimum absolute atomic E-state index is 0.0802. The molecule has 1 rings (SSSR count). The van der Waals surface area contributed by atoms with Crippen LogP contribution in [0, 0.1) is 0 Å². The van der Waals surface area contributed by atoms with Crippen LogP contribution in [-0.2, 0) is 9.53 Å². The molecule has 1 fully saturated rings. The van der Waals surface area contributed by atoms with Gasteiger partial charge < -0.3 is 25.0 Å². The summed E-state index contributed by atoms with van der Waals surface area (Å²) < 4.78 is 5.34. The van der Waals surface area contributed by atoms with E-state index in [0.717, 1.165) is 19.3 Å². The molecule has 0 saturated carbocycles. The van der Waals surface area contributed by atoms with Gasteiger partial charge in [0, 0.05) is 13.5 Å². The fraction of sp³-hybridized carbons (Fsp3) is 0.933. The van der Waals surface area contributed by atoms with E-state index >= 15 is 0 Å². The number of carbonyl (C=O) groups excluding carboxylic acids is 1. The van der Waals surface area contributed by atoms with E-state index in [9.17, 15) is 20.1 Å². The van der Waals surface area contributed by atoms with Gasteiger partial charge in [0.05, 0.1) is 6.61 Å². The van der Waals surface area contributed by atoms with Crippen molar-refractivity contribution in [3.8, 4) is 0 Å². The molecule has 4 atom stereocenters. The Morgan fingerprint density at radius 2 is 1.71 bits per heavy atom. The molecule has 1 aliphatic rings. The second-order valence-electron chi connectivity index (χ2n) is 5.75. The van der Waals surface area contributed by atoms with Gasteiger partial charge >= 0.3 is 0 Å². The van der Waals surface area contributed by atoms with Crippen molar-refractivity contribution in [3.05, 3.63) is 0 Å². The Hall–Kier alpha value is -0.690. The Morgan fingerprint density at radius 3 is 2.33 bits per heavy atom. The number of aliphatic hydroxyl groups is 3. The zero-order valence-electron chi connectivity index (χ0n) is 13.1. The van der Waals surface area contributed by atoms with Gasteiger partial charge in [0.1, 0.15) is 18.3 Å². The largest absolute Gasteiger partial charge is 0.388 e. The lowest BCUT2D eigenvalue weighted by molar-refractivity contribution is -0.227. The molecule has 1 heterocycles. The summed E-state index contributed by atoms with van der Waals surface area (Å²) in [6.07, 6.45) is 2.07. The predicted octanol–water partition coefficient (Wildman–Crippen LogP) is 0.634. The molecule has 6 nitrogen and oxygen atoms in total. The summed E-state index contributed by atoms with van der Waals surface area (Å²) in [5.41, 5.74) is 0. The highest BCUT2D eigenvalue weighted by Gasteiger charge is 2.41. The number of carbonyl (C=O) groups is 1. The van der Waals surface area contributed by atoms with Crippen LogP contribution >= 0.6 is 0 Å². The summed E-state index contributed by atoms with van der Waals surface area (Å²) >= 11 is 0. The molecular weight excluding hydrogens is 274 g/mol. The van der Waals surface area contributed by atoms with Crippen molar-refractivity contribution in [2.75, 3.05) is 13.2 Å². The molecule has 3 N–H and O–H groups in total. The molecule has 21 heavy (non-hydrogen) atoms. The van der Waals surface area contributed by atoms with Crippen LogP contribution < -0.4 is 0 Å². The van der Waals surface area contributed by atoms with Crippen molar-refractivity contribution >= 4 is 5.91 Å². The first-order chi connectivity index (χ1) is 9.99. The molecule has 1 amide bonds. The Kier molecular flexibility index (Phi) is 8.18. The second-order valence-corrected chi connectivity index (χ2v) is 5.75. The fourth-order valence-electron chi connectivity index (χ4n) is 2.59. The van der Waals surface area contributed by atoms with E-state index in [-0.39, 0.29) is 12.5 Å². The number of rotatable bonds is 8. The monoisotopic (exact) mass is 303 g/mol. The van der Waals surface area contributed by atoms with Gasteiger partial charge in [-0.25, -0.2) is 0 Å². The van der Waals surface area contributed by atoms with E-state index in [1.165, 1.54) is 31.1 Å². The molecule has 6 heteroatoms. The lowest BCUT2D eigenvalue weighted by Gasteiger charge is -2.41. The third-order valence-electron chi connectivity index (χ3n) is 3.94. The summed E-state index contributed by atoms with van der Waals surface area (Å²) in [7, 11) is 0. The van der Waals surface area contributed by atoms with Crippen LogP contribution in [0.15, 0.2) is 0 Å². The van der Waals surface area contributed by atoms with Crippen LogP contribution in [0.5, 0.6) is 0 Å². The number of hydrogen-bond acceptors (Lipinski definition) is 5. The number of amides is 1. The van der Waals surface area contributed by atoms with Crippen molar-refractivity contribution in [2.45, 2.75) is 76.9 Å². The molecule has 0 aromatic heterocycles. The van der Waals surface area contributed by atoms with Crippen molar-refractivity contribution in [3.63, 3.8) is 0 Å². The zero-order valence-corrected chi connectivity index (χ0v) is 13.1. The maximum absolute atomic E-state index is 11.7. The molecule has 0 bridgehead atoms. The Balaban J connectivity index is 2.44. The number of nitrogens with zero attached hydrogens (tertiary/aromatic N) is 1. The van der Waals surface area contributed by atoms with Gasteiger partial charge in [0.15, 0.2) is 6.23 Å². The minimum atomic E-state index is -1.28. The van der Waals surface area contributed by atoms with E-state index < -0.39 is 24.5 Å². The first-order valence-electron chi connectivity index (χ1n) is 7.92. The highest BCUT2D eigenvalue weighted by atomic mass is 16.5. The highest BCUT2D eigenvalue weighted by Crippen LogP contribution is 2.20. The Labute approximate surface area is 126 Å².